The number of hydrogen-bond donors (Lipinski definition) is 1. The molecule has 1 atom stereocenters. The largest absolute Gasteiger partial charge is 0.359 e. The van der Waals surface area contributed by atoms with E-state index in [1.54, 1.807) is 19.1 Å². The maximum atomic E-state index is 11.4. The van der Waals surface area contributed by atoms with Crippen LogP contribution in [0, 0.1) is 6.92 Å². The first-order valence-corrected chi connectivity index (χ1v) is 8.11. The van der Waals surface area contributed by atoms with Crippen LogP contribution in [0.3, 0.4) is 0 Å². The minimum absolute atomic E-state index is 0.143. The smallest absolute Gasteiger partial charge is 0.246 e. The van der Waals surface area contributed by atoms with Gasteiger partial charge in [-0.3, -0.25) is 0 Å². The molecule has 8 heteroatoms. The van der Waals surface area contributed by atoms with E-state index < -0.39 is 10.0 Å². The third kappa shape index (κ3) is 2.64. The number of aromatic nitrogens is 2. The van der Waals surface area contributed by atoms with E-state index in [1.165, 1.54) is 6.07 Å². The predicted molar refractivity (Wildman–Crippen MR) is 76.2 cm³/mol. The highest BCUT2D eigenvalue weighted by atomic mass is 32.2. The topological polar surface area (TPSA) is 102 Å². The molecule has 1 aliphatic rings. The maximum Gasteiger partial charge on any atom is 0.246 e. The number of hydrogen-bond acceptors (Lipinski definition) is 6. The van der Waals surface area contributed by atoms with Gasteiger partial charge in [0.2, 0.25) is 15.9 Å². The minimum Gasteiger partial charge on any atom is -0.359 e. The molecule has 0 unspecified atom stereocenters. The first kappa shape index (κ1) is 14.0. The van der Waals surface area contributed by atoms with Crippen LogP contribution in [0.4, 0.5) is 5.69 Å². The Bertz CT molecular complexity index is 784. The lowest BCUT2D eigenvalue weighted by Crippen LogP contribution is -2.28. The highest BCUT2D eigenvalue weighted by Gasteiger charge is 2.28. The standard InChI is InChI=1S/C13H16N4O3S/c1-8-5-10-6-11(21(14,18)19)3-4-12(10)17(8)7-13-15-9(2)16-20-13/h3-4,6,8H,5,7H2,1-2H3,(H2,14,18,19)/t8-/m0/s1. The molecule has 7 nitrogen and oxygen atoms in total. The van der Waals surface area contributed by atoms with E-state index in [4.69, 9.17) is 9.66 Å². The Labute approximate surface area is 122 Å². The predicted octanol–water partition coefficient (Wildman–Crippen LogP) is 0.977. The first-order valence-electron chi connectivity index (χ1n) is 6.56. The number of rotatable bonds is 3. The van der Waals surface area contributed by atoms with Gasteiger partial charge in [0.15, 0.2) is 5.82 Å². The second kappa shape index (κ2) is 4.81. The van der Waals surface area contributed by atoms with Crippen molar-refractivity contribution >= 4 is 15.7 Å². The van der Waals surface area contributed by atoms with Crippen molar-refractivity contribution in [3.63, 3.8) is 0 Å². The molecule has 2 aromatic rings. The van der Waals surface area contributed by atoms with Crippen LogP contribution in [0.5, 0.6) is 0 Å². The molecule has 1 aromatic carbocycles. The zero-order chi connectivity index (χ0) is 15.2. The quantitative estimate of drug-likeness (QED) is 0.906. The van der Waals surface area contributed by atoms with Gasteiger partial charge in [-0.15, -0.1) is 0 Å². The Kier molecular flexibility index (Phi) is 3.22. The van der Waals surface area contributed by atoms with Gasteiger partial charge in [0.05, 0.1) is 11.4 Å². The van der Waals surface area contributed by atoms with Crippen molar-refractivity contribution in [2.24, 2.45) is 5.14 Å². The molecule has 3 rings (SSSR count). The molecule has 0 amide bonds. The van der Waals surface area contributed by atoms with Crippen LogP contribution < -0.4 is 10.0 Å². The fourth-order valence-electron chi connectivity index (χ4n) is 2.64. The van der Waals surface area contributed by atoms with Crippen molar-refractivity contribution in [1.29, 1.82) is 0 Å². The van der Waals surface area contributed by atoms with E-state index in [0.29, 0.717) is 18.3 Å². The van der Waals surface area contributed by atoms with Gasteiger partial charge in [-0.25, -0.2) is 13.6 Å². The van der Waals surface area contributed by atoms with Gasteiger partial charge in [0, 0.05) is 11.7 Å². The summed E-state index contributed by atoms with van der Waals surface area (Å²) in [6, 6.07) is 5.17. The third-order valence-corrected chi connectivity index (χ3v) is 4.52. The molecule has 2 N–H and O–H groups in total. The van der Waals surface area contributed by atoms with Gasteiger partial charge in [-0.1, -0.05) is 5.16 Å². The zero-order valence-corrected chi connectivity index (χ0v) is 12.6. The van der Waals surface area contributed by atoms with Crippen LogP contribution >= 0.6 is 0 Å². The molecule has 0 bridgehead atoms. The van der Waals surface area contributed by atoms with Crippen molar-refractivity contribution in [2.45, 2.75) is 37.8 Å². The van der Waals surface area contributed by atoms with Gasteiger partial charge in [-0.05, 0) is 44.0 Å². The van der Waals surface area contributed by atoms with Crippen molar-refractivity contribution in [2.75, 3.05) is 4.90 Å². The third-order valence-electron chi connectivity index (χ3n) is 3.61. The zero-order valence-electron chi connectivity index (χ0n) is 11.8. The number of nitrogens with zero attached hydrogens (tertiary/aromatic N) is 3. The number of fused-ring (bicyclic) bond motifs is 1. The van der Waals surface area contributed by atoms with Crippen molar-refractivity contribution < 1.29 is 12.9 Å². The summed E-state index contributed by atoms with van der Waals surface area (Å²) in [6.07, 6.45) is 0.756. The van der Waals surface area contributed by atoms with Crippen LogP contribution in [0.1, 0.15) is 24.2 Å². The summed E-state index contributed by atoms with van der Waals surface area (Å²) in [6.45, 7) is 4.34. The Morgan fingerprint density at radius 1 is 1.48 bits per heavy atom. The normalized spacial score (nSPS) is 18.0. The number of sulfonamides is 1. The molecule has 1 aromatic heterocycles. The Morgan fingerprint density at radius 3 is 2.86 bits per heavy atom. The second-order valence-electron chi connectivity index (χ2n) is 5.25. The van der Waals surface area contributed by atoms with Gasteiger partial charge in [-0.2, -0.15) is 4.98 Å². The van der Waals surface area contributed by atoms with E-state index in [1.807, 2.05) is 0 Å². The molecule has 21 heavy (non-hydrogen) atoms. The molecule has 0 saturated heterocycles. The number of anilines is 1. The number of primary sulfonamides is 1. The highest BCUT2D eigenvalue weighted by Crippen LogP contribution is 2.34. The van der Waals surface area contributed by atoms with Crippen molar-refractivity contribution in [3.8, 4) is 0 Å². The van der Waals surface area contributed by atoms with E-state index in [2.05, 4.69) is 22.0 Å². The van der Waals surface area contributed by atoms with Gasteiger partial charge >= 0.3 is 0 Å². The lowest BCUT2D eigenvalue weighted by molar-refractivity contribution is 0.370. The molecule has 1 aliphatic heterocycles. The summed E-state index contributed by atoms with van der Waals surface area (Å²) < 4.78 is 28.0. The van der Waals surface area contributed by atoms with Crippen LogP contribution in [-0.4, -0.2) is 24.6 Å². The monoisotopic (exact) mass is 308 g/mol. The summed E-state index contributed by atoms with van der Waals surface area (Å²) >= 11 is 0. The van der Waals surface area contributed by atoms with Crippen LogP contribution in [0.25, 0.3) is 0 Å². The summed E-state index contributed by atoms with van der Waals surface area (Å²) in [5, 5.41) is 8.95. The fraction of sp³-hybridized carbons (Fsp3) is 0.385. The summed E-state index contributed by atoms with van der Waals surface area (Å²) in [7, 11) is -3.67. The van der Waals surface area contributed by atoms with Crippen LogP contribution in [0.2, 0.25) is 0 Å². The van der Waals surface area contributed by atoms with Crippen LogP contribution in [0.15, 0.2) is 27.6 Å². The van der Waals surface area contributed by atoms with Crippen molar-refractivity contribution in [1.82, 2.24) is 10.1 Å². The fourth-order valence-corrected chi connectivity index (χ4v) is 3.20. The Morgan fingerprint density at radius 2 is 2.24 bits per heavy atom. The molecular formula is C13H16N4O3S. The maximum absolute atomic E-state index is 11.4. The lowest BCUT2D eigenvalue weighted by Gasteiger charge is -2.22. The summed E-state index contributed by atoms with van der Waals surface area (Å²) in [5.41, 5.74) is 1.94. The molecule has 0 spiro atoms. The molecule has 2 heterocycles. The highest BCUT2D eigenvalue weighted by molar-refractivity contribution is 7.89. The van der Waals surface area contributed by atoms with E-state index >= 15 is 0 Å². The lowest BCUT2D eigenvalue weighted by atomic mass is 10.1. The molecular weight excluding hydrogens is 292 g/mol. The van der Waals surface area contributed by atoms with E-state index in [-0.39, 0.29) is 10.9 Å². The minimum atomic E-state index is -3.67. The van der Waals surface area contributed by atoms with Gasteiger partial charge in [0.1, 0.15) is 0 Å². The Balaban J connectivity index is 1.93. The molecule has 0 fully saturated rings. The van der Waals surface area contributed by atoms with E-state index in [9.17, 15) is 8.42 Å². The molecule has 0 saturated carbocycles. The van der Waals surface area contributed by atoms with Crippen LogP contribution in [-0.2, 0) is 23.0 Å². The first-order chi connectivity index (χ1) is 9.84. The number of benzene rings is 1. The van der Waals surface area contributed by atoms with Gasteiger partial charge in [0.25, 0.3) is 0 Å². The van der Waals surface area contributed by atoms with Crippen molar-refractivity contribution in [3.05, 3.63) is 35.5 Å². The summed E-state index contributed by atoms with van der Waals surface area (Å²) in [4.78, 5) is 6.47. The SMILES string of the molecule is Cc1noc(CN2c3ccc(S(N)(=O)=O)cc3C[C@@H]2C)n1. The van der Waals surface area contributed by atoms with E-state index in [0.717, 1.165) is 17.7 Å². The van der Waals surface area contributed by atoms with Gasteiger partial charge < -0.3 is 9.42 Å². The second-order valence-corrected chi connectivity index (χ2v) is 6.81. The molecule has 112 valence electrons. The number of aryl methyl sites for hydroxylation is 1. The molecule has 0 aliphatic carbocycles. The Hall–Kier alpha value is -1.93. The average Bonchev–Trinajstić information content (AvgIpc) is 2.93. The molecule has 0 radical (unpaired) electrons. The summed E-state index contributed by atoms with van der Waals surface area (Å²) in [5.74, 6) is 1.14. The number of nitrogens with two attached hydrogens (primary N) is 1. The average molecular weight is 308 g/mol.